The molecule has 1 aromatic carbocycles. The van der Waals surface area contributed by atoms with Crippen molar-refractivity contribution >= 4 is 11.7 Å². The topological polar surface area (TPSA) is 76.4 Å². The van der Waals surface area contributed by atoms with Crippen LogP contribution in [0.3, 0.4) is 0 Å². The molecule has 1 saturated heterocycles. The smallest absolute Gasteiger partial charge is 0.260 e. The number of ether oxygens (including phenoxy) is 1. The molecule has 1 fully saturated rings. The van der Waals surface area contributed by atoms with Crippen molar-refractivity contribution in [1.82, 2.24) is 24.6 Å². The summed E-state index contributed by atoms with van der Waals surface area (Å²) in [4.78, 5) is 25.1. The lowest BCUT2D eigenvalue weighted by atomic mass is 10.2. The monoisotopic (exact) mass is 378 g/mol. The summed E-state index contributed by atoms with van der Waals surface area (Å²) in [6.07, 6.45) is 5.10. The van der Waals surface area contributed by atoms with Crippen molar-refractivity contribution in [2.75, 3.05) is 37.7 Å². The van der Waals surface area contributed by atoms with Crippen molar-refractivity contribution in [2.24, 2.45) is 0 Å². The molecule has 1 aliphatic rings. The molecule has 1 amide bonds. The Hall–Kier alpha value is -3.42. The number of hydrogen-bond donors (Lipinski definition) is 0. The second-order valence-electron chi connectivity index (χ2n) is 6.65. The van der Waals surface area contributed by atoms with Gasteiger partial charge in [-0.3, -0.25) is 4.79 Å². The second kappa shape index (κ2) is 8.08. The zero-order valence-electron chi connectivity index (χ0n) is 15.7. The largest absolute Gasteiger partial charge is 0.484 e. The van der Waals surface area contributed by atoms with Gasteiger partial charge in [0, 0.05) is 44.6 Å². The first-order valence-corrected chi connectivity index (χ1v) is 9.23. The summed E-state index contributed by atoms with van der Waals surface area (Å²) in [7, 11) is 0. The van der Waals surface area contributed by atoms with Gasteiger partial charge in [-0.15, -0.1) is 0 Å². The molecule has 144 valence electrons. The van der Waals surface area contributed by atoms with Crippen molar-refractivity contribution in [2.45, 2.75) is 6.92 Å². The van der Waals surface area contributed by atoms with Gasteiger partial charge in [0.25, 0.3) is 5.91 Å². The van der Waals surface area contributed by atoms with Crippen molar-refractivity contribution in [3.63, 3.8) is 0 Å². The number of benzene rings is 1. The van der Waals surface area contributed by atoms with E-state index in [2.05, 4.69) is 20.0 Å². The molecule has 0 spiro atoms. The lowest BCUT2D eigenvalue weighted by Gasteiger charge is -2.35. The molecule has 0 N–H and O–H groups in total. The van der Waals surface area contributed by atoms with Crippen LogP contribution in [0.1, 0.15) is 5.56 Å². The maximum atomic E-state index is 12.4. The Labute approximate surface area is 163 Å². The third-order valence-electron chi connectivity index (χ3n) is 4.72. The molecule has 0 saturated carbocycles. The van der Waals surface area contributed by atoms with E-state index in [4.69, 9.17) is 4.74 Å². The van der Waals surface area contributed by atoms with E-state index in [0.29, 0.717) is 31.9 Å². The third-order valence-corrected chi connectivity index (χ3v) is 4.72. The average Bonchev–Trinajstić information content (AvgIpc) is 3.28. The SMILES string of the molecule is Cc1ccc(OCC(=O)N2CCN(c3cc(-n4cccn4)ncn3)CC2)cc1. The first kappa shape index (κ1) is 18.0. The number of aromatic nitrogens is 4. The van der Waals surface area contributed by atoms with Crippen LogP contribution in [0.25, 0.3) is 5.82 Å². The molecule has 2 aromatic heterocycles. The first-order chi connectivity index (χ1) is 13.7. The summed E-state index contributed by atoms with van der Waals surface area (Å²) in [5.74, 6) is 2.27. The van der Waals surface area contributed by atoms with Crippen LogP contribution in [0.2, 0.25) is 0 Å². The molecule has 0 radical (unpaired) electrons. The van der Waals surface area contributed by atoms with E-state index in [1.807, 2.05) is 54.4 Å². The summed E-state index contributed by atoms with van der Waals surface area (Å²) < 4.78 is 7.31. The van der Waals surface area contributed by atoms with E-state index in [1.54, 1.807) is 17.2 Å². The Morgan fingerprint density at radius 1 is 1.07 bits per heavy atom. The van der Waals surface area contributed by atoms with E-state index in [1.165, 1.54) is 0 Å². The van der Waals surface area contributed by atoms with Gasteiger partial charge in [0.05, 0.1) is 0 Å². The van der Waals surface area contributed by atoms with Crippen LogP contribution in [-0.4, -0.2) is 63.3 Å². The minimum absolute atomic E-state index is 0.000132. The van der Waals surface area contributed by atoms with E-state index in [0.717, 1.165) is 17.2 Å². The number of carbonyl (C=O) groups is 1. The average molecular weight is 378 g/mol. The summed E-state index contributed by atoms with van der Waals surface area (Å²) in [6, 6.07) is 11.5. The van der Waals surface area contributed by atoms with Gasteiger partial charge in [0.15, 0.2) is 12.4 Å². The fourth-order valence-electron chi connectivity index (χ4n) is 3.10. The number of rotatable bonds is 5. The normalized spacial score (nSPS) is 14.2. The summed E-state index contributed by atoms with van der Waals surface area (Å²) in [6.45, 7) is 4.77. The standard InChI is InChI=1S/C20H22N6O2/c1-16-3-5-17(6-4-16)28-14-20(27)25-11-9-24(10-12-25)18-13-19(22-15-21-18)26-8-2-7-23-26/h2-8,13,15H,9-12,14H2,1H3. The quantitative estimate of drug-likeness (QED) is 0.673. The highest BCUT2D eigenvalue weighted by atomic mass is 16.5. The highest BCUT2D eigenvalue weighted by Gasteiger charge is 2.22. The van der Waals surface area contributed by atoms with Crippen LogP contribution in [0.4, 0.5) is 5.82 Å². The number of aryl methyl sites for hydroxylation is 1. The molecule has 4 rings (SSSR count). The van der Waals surface area contributed by atoms with E-state index < -0.39 is 0 Å². The molecule has 0 bridgehead atoms. The molecular formula is C20H22N6O2. The summed E-state index contributed by atoms with van der Waals surface area (Å²) in [5, 5.41) is 4.20. The maximum Gasteiger partial charge on any atom is 0.260 e. The number of hydrogen-bond acceptors (Lipinski definition) is 6. The Morgan fingerprint density at radius 2 is 1.82 bits per heavy atom. The highest BCUT2D eigenvalue weighted by Crippen LogP contribution is 2.16. The van der Waals surface area contributed by atoms with E-state index in [-0.39, 0.29) is 12.5 Å². The number of piperazine rings is 1. The second-order valence-corrected chi connectivity index (χ2v) is 6.65. The van der Waals surface area contributed by atoms with E-state index >= 15 is 0 Å². The molecule has 1 aliphatic heterocycles. The highest BCUT2D eigenvalue weighted by molar-refractivity contribution is 5.78. The van der Waals surface area contributed by atoms with Gasteiger partial charge >= 0.3 is 0 Å². The fourth-order valence-corrected chi connectivity index (χ4v) is 3.10. The predicted octanol–water partition coefficient (Wildman–Crippen LogP) is 1.70. The first-order valence-electron chi connectivity index (χ1n) is 9.23. The predicted molar refractivity (Wildman–Crippen MR) is 105 cm³/mol. The van der Waals surface area contributed by atoms with Crippen LogP contribution < -0.4 is 9.64 Å². The molecule has 28 heavy (non-hydrogen) atoms. The zero-order valence-corrected chi connectivity index (χ0v) is 15.7. The van der Waals surface area contributed by atoms with Crippen LogP contribution in [0, 0.1) is 6.92 Å². The van der Waals surface area contributed by atoms with Gasteiger partial charge < -0.3 is 14.5 Å². The van der Waals surface area contributed by atoms with Crippen molar-refractivity contribution in [3.05, 3.63) is 60.7 Å². The maximum absolute atomic E-state index is 12.4. The van der Waals surface area contributed by atoms with Crippen LogP contribution in [-0.2, 0) is 4.79 Å². The molecule has 3 heterocycles. The van der Waals surface area contributed by atoms with Gasteiger partial charge in [0.1, 0.15) is 17.9 Å². The van der Waals surface area contributed by atoms with Crippen molar-refractivity contribution < 1.29 is 9.53 Å². The summed E-state index contributed by atoms with van der Waals surface area (Å²) in [5.41, 5.74) is 1.16. The van der Waals surface area contributed by atoms with Gasteiger partial charge in [-0.25, -0.2) is 14.6 Å². The van der Waals surface area contributed by atoms with E-state index in [9.17, 15) is 4.79 Å². The number of nitrogens with zero attached hydrogens (tertiary/aromatic N) is 6. The molecule has 0 atom stereocenters. The molecule has 0 aliphatic carbocycles. The number of carbonyl (C=O) groups excluding carboxylic acids is 1. The van der Waals surface area contributed by atoms with Gasteiger partial charge in [-0.2, -0.15) is 5.10 Å². The van der Waals surface area contributed by atoms with Gasteiger partial charge in [-0.05, 0) is 25.1 Å². The Morgan fingerprint density at radius 3 is 2.54 bits per heavy atom. The van der Waals surface area contributed by atoms with Crippen LogP contribution >= 0.6 is 0 Å². The molecule has 0 unspecified atom stereocenters. The zero-order chi connectivity index (χ0) is 19.3. The minimum Gasteiger partial charge on any atom is -0.484 e. The fraction of sp³-hybridized carbons (Fsp3) is 0.300. The molecule has 8 heteroatoms. The van der Waals surface area contributed by atoms with Crippen molar-refractivity contribution in [1.29, 1.82) is 0 Å². The number of anilines is 1. The van der Waals surface area contributed by atoms with Crippen molar-refractivity contribution in [3.8, 4) is 11.6 Å². The Bertz CT molecular complexity index is 918. The molecular weight excluding hydrogens is 356 g/mol. The van der Waals surface area contributed by atoms with Gasteiger partial charge in [0.2, 0.25) is 0 Å². The van der Waals surface area contributed by atoms with Gasteiger partial charge in [-0.1, -0.05) is 17.7 Å². The van der Waals surface area contributed by atoms with Crippen LogP contribution in [0.5, 0.6) is 5.75 Å². The minimum atomic E-state index is 0.000132. The summed E-state index contributed by atoms with van der Waals surface area (Å²) >= 11 is 0. The Kier molecular flexibility index (Phi) is 5.18. The lowest BCUT2D eigenvalue weighted by molar-refractivity contribution is -0.133. The van der Waals surface area contributed by atoms with Crippen LogP contribution in [0.15, 0.2) is 55.1 Å². The Balaban J connectivity index is 1.31. The number of amides is 1. The molecule has 8 nitrogen and oxygen atoms in total. The lowest BCUT2D eigenvalue weighted by Crippen LogP contribution is -2.50. The molecule has 3 aromatic rings. The third kappa shape index (κ3) is 4.11.